The highest BCUT2D eigenvalue weighted by Gasteiger charge is 1.98. The van der Waals surface area contributed by atoms with Crippen molar-refractivity contribution in [3.63, 3.8) is 0 Å². The number of unbranched alkanes of at least 4 members (excludes halogenated alkanes) is 15. The second kappa shape index (κ2) is 21.8. The van der Waals surface area contributed by atoms with E-state index >= 15 is 0 Å². The number of ether oxygens (including phenoxy) is 2. The van der Waals surface area contributed by atoms with Gasteiger partial charge in [-0.25, -0.2) is 9.59 Å². The van der Waals surface area contributed by atoms with Crippen molar-refractivity contribution >= 4 is 12.2 Å². The largest absolute Gasteiger partial charge is 0.450 e. The number of carbonyl (C=O) groups excluding carboxylic acids is 2. The second-order valence-electron chi connectivity index (χ2n) is 7.43. The first-order valence-electron chi connectivity index (χ1n) is 11.4. The number of nitrogens with one attached hydrogen (secondary N) is 2. The van der Waals surface area contributed by atoms with Gasteiger partial charge in [-0.2, -0.15) is 0 Å². The van der Waals surface area contributed by atoms with E-state index in [0.29, 0.717) is 13.2 Å². The van der Waals surface area contributed by atoms with Gasteiger partial charge in [0.25, 0.3) is 0 Å². The van der Waals surface area contributed by atoms with Crippen LogP contribution in [0.4, 0.5) is 9.59 Å². The molecule has 166 valence electrons. The molecule has 0 aliphatic heterocycles. The maximum atomic E-state index is 10.9. The maximum absolute atomic E-state index is 10.9. The summed E-state index contributed by atoms with van der Waals surface area (Å²) in [5.74, 6) is 0. The van der Waals surface area contributed by atoms with Crippen LogP contribution >= 0.6 is 0 Å². The van der Waals surface area contributed by atoms with Gasteiger partial charge in [-0.1, -0.05) is 89.9 Å². The van der Waals surface area contributed by atoms with Crippen LogP contribution < -0.4 is 10.6 Å². The fourth-order valence-corrected chi connectivity index (χ4v) is 3.15. The molecule has 0 aromatic rings. The number of amides is 2. The molecule has 0 aromatic carbocycles. The van der Waals surface area contributed by atoms with Crippen LogP contribution in [0.25, 0.3) is 0 Å². The Morgan fingerprint density at radius 3 is 0.893 bits per heavy atom. The van der Waals surface area contributed by atoms with E-state index in [1.165, 1.54) is 77.0 Å². The van der Waals surface area contributed by atoms with Crippen molar-refractivity contribution in [1.82, 2.24) is 10.6 Å². The lowest BCUT2D eigenvalue weighted by Crippen LogP contribution is -2.19. The van der Waals surface area contributed by atoms with E-state index in [1.54, 1.807) is 14.1 Å². The van der Waals surface area contributed by atoms with Crippen molar-refractivity contribution in [1.29, 1.82) is 0 Å². The molecule has 2 N–H and O–H groups in total. The third-order valence-electron chi connectivity index (χ3n) is 4.91. The molecule has 0 spiro atoms. The fraction of sp³-hybridized carbons (Fsp3) is 0.909. The molecule has 0 aromatic heterocycles. The Morgan fingerprint density at radius 1 is 0.464 bits per heavy atom. The van der Waals surface area contributed by atoms with Gasteiger partial charge >= 0.3 is 12.2 Å². The molecule has 28 heavy (non-hydrogen) atoms. The number of hydrogen-bond donors (Lipinski definition) is 2. The molecular formula is C22H44N2O4. The Morgan fingerprint density at radius 2 is 0.679 bits per heavy atom. The molecule has 0 bridgehead atoms. The van der Waals surface area contributed by atoms with Gasteiger partial charge in [0.2, 0.25) is 0 Å². The molecule has 0 rings (SSSR count). The molecule has 0 aliphatic carbocycles. The minimum atomic E-state index is -0.329. The zero-order valence-electron chi connectivity index (χ0n) is 18.4. The van der Waals surface area contributed by atoms with E-state index in [0.717, 1.165) is 25.7 Å². The van der Waals surface area contributed by atoms with Crippen molar-refractivity contribution in [3.05, 3.63) is 0 Å². The van der Waals surface area contributed by atoms with E-state index in [-0.39, 0.29) is 12.2 Å². The average Bonchev–Trinajstić information content (AvgIpc) is 2.71. The molecule has 0 unspecified atom stereocenters. The molecular weight excluding hydrogens is 356 g/mol. The lowest BCUT2D eigenvalue weighted by atomic mass is 10.0. The Balaban J connectivity index is 3.05. The van der Waals surface area contributed by atoms with E-state index in [1.807, 2.05) is 0 Å². The van der Waals surface area contributed by atoms with E-state index in [9.17, 15) is 9.59 Å². The number of carbonyl (C=O) groups is 2. The van der Waals surface area contributed by atoms with Crippen LogP contribution in [0.1, 0.15) is 103 Å². The Labute approximate surface area is 172 Å². The van der Waals surface area contributed by atoms with E-state index < -0.39 is 0 Å². The molecule has 0 radical (unpaired) electrons. The van der Waals surface area contributed by atoms with Gasteiger partial charge in [-0.3, -0.25) is 0 Å². The average molecular weight is 401 g/mol. The molecule has 0 saturated heterocycles. The fourth-order valence-electron chi connectivity index (χ4n) is 3.15. The van der Waals surface area contributed by atoms with Gasteiger partial charge < -0.3 is 20.1 Å². The topological polar surface area (TPSA) is 76.7 Å². The SMILES string of the molecule is CNC(=O)OCCCCCCCCCCCCCCCCCCOC(=O)NC. The molecule has 2 amide bonds. The number of alkyl carbamates (subject to hydrolysis) is 2. The van der Waals surface area contributed by atoms with Gasteiger partial charge in [-0.15, -0.1) is 0 Å². The van der Waals surface area contributed by atoms with Crippen molar-refractivity contribution in [2.45, 2.75) is 103 Å². The normalized spacial score (nSPS) is 10.5. The van der Waals surface area contributed by atoms with Crippen LogP contribution in [0.2, 0.25) is 0 Å². The Kier molecular flexibility index (Phi) is 20.7. The van der Waals surface area contributed by atoms with E-state index in [2.05, 4.69) is 10.6 Å². The first-order valence-corrected chi connectivity index (χ1v) is 11.4. The highest BCUT2D eigenvalue weighted by Crippen LogP contribution is 2.13. The minimum absolute atomic E-state index is 0.329. The summed E-state index contributed by atoms with van der Waals surface area (Å²) in [6.45, 7) is 1.07. The molecule has 6 nitrogen and oxygen atoms in total. The highest BCUT2D eigenvalue weighted by atomic mass is 16.6. The third kappa shape index (κ3) is 20.8. The van der Waals surface area contributed by atoms with Crippen LogP contribution in [0.5, 0.6) is 0 Å². The van der Waals surface area contributed by atoms with Crippen LogP contribution in [0, 0.1) is 0 Å². The van der Waals surface area contributed by atoms with Gasteiger partial charge in [0, 0.05) is 14.1 Å². The molecule has 0 heterocycles. The predicted octanol–water partition coefficient (Wildman–Crippen LogP) is 5.94. The summed E-state index contributed by atoms with van der Waals surface area (Å²) in [5, 5.41) is 4.90. The van der Waals surface area contributed by atoms with Crippen molar-refractivity contribution < 1.29 is 19.1 Å². The Hall–Kier alpha value is -1.46. The van der Waals surface area contributed by atoms with Crippen molar-refractivity contribution in [2.75, 3.05) is 27.3 Å². The lowest BCUT2D eigenvalue weighted by Gasteiger charge is -2.05. The monoisotopic (exact) mass is 400 g/mol. The van der Waals surface area contributed by atoms with Crippen LogP contribution in [-0.4, -0.2) is 39.5 Å². The summed E-state index contributed by atoms with van der Waals surface area (Å²) in [5.41, 5.74) is 0. The van der Waals surface area contributed by atoms with Crippen LogP contribution in [0.3, 0.4) is 0 Å². The standard InChI is InChI=1S/C22H44N2O4/c1-23-21(25)27-19-17-15-13-11-9-7-5-3-4-6-8-10-12-14-16-18-20-28-22(26)24-2/h3-20H2,1-2H3,(H,23,25)(H,24,26). The van der Waals surface area contributed by atoms with Gasteiger partial charge in [0.05, 0.1) is 13.2 Å². The van der Waals surface area contributed by atoms with Crippen molar-refractivity contribution in [3.8, 4) is 0 Å². The zero-order chi connectivity index (χ0) is 20.7. The van der Waals surface area contributed by atoms with E-state index in [4.69, 9.17) is 9.47 Å². The van der Waals surface area contributed by atoms with Gasteiger partial charge in [0.1, 0.15) is 0 Å². The number of hydrogen-bond acceptors (Lipinski definition) is 4. The first-order chi connectivity index (χ1) is 13.7. The summed E-state index contributed by atoms with van der Waals surface area (Å²) < 4.78 is 9.93. The lowest BCUT2D eigenvalue weighted by molar-refractivity contribution is 0.145. The van der Waals surface area contributed by atoms with Crippen LogP contribution in [0.15, 0.2) is 0 Å². The maximum Gasteiger partial charge on any atom is 0.406 e. The predicted molar refractivity (Wildman–Crippen MR) is 115 cm³/mol. The molecule has 0 aliphatic rings. The second-order valence-corrected chi connectivity index (χ2v) is 7.43. The van der Waals surface area contributed by atoms with Gasteiger partial charge in [0.15, 0.2) is 0 Å². The first kappa shape index (κ1) is 26.5. The summed E-state index contributed by atoms with van der Waals surface area (Å²) >= 11 is 0. The van der Waals surface area contributed by atoms with Crippen molar-refractivity contribution in [2.24, 2.45) is 0 Å². The smallest absolute Gasteiger partial charge is 0.406 e. The molecule has 0 saturated carbocycles. The summed E-state index contributed by atoms with van der Waals surface area (Å²) in [7, 11) is 3.17. The van der Waals surface area contributed by atoms with Gasteiger partial charge in [-0.05, 0) is 12.8 Å². The molecule has 0 atom stereocenters. The van der Waals surface area contributed by atoms with Crippen LogP contribution in [-0.2, 0) is 9.47 Å². The molecule has 0 fully saturated rings. The number of rotatable bonds is 19. The highest BCUT2D eigenvalue weighted by molar-refractivity contribution is 5.66. The quantitative estimate of drug-likeness (QED) is 0.263. The third-order valence-corrected chi connectivity index (χ3v) is 4.91. The summed E-state index contributed by atoms with van der Waals surface area (Å²) in [6.07, 6.45) is 19.5. The summed E-state index contributed by atoms with van der Waals surface area (Å²) in [4.78, 5) is 21.7. The molecule has 6 heteroatoms. The minimum Gasteiger partial charge on any atom is -0.450 e. The zero-order valence-corrected chi connectivity index (χ0v) is 18.4. The Bertz CT molecular complexity index is 330. The summed E-state index contributed by atoms with van der Waals surface area (Å²) in [6, 6.07) is 0.